The number of hydrogen-bond acceptors (Lipinski definition) is 2. The number of likely N-dealkylation sites (tertiary alicyclic amines) is 1. The summed E-state index contributed by atoms with van der Waals surface area (Å²) in [5.41, 5.74) is 0. The second kappa shape index (κ2) is 7.37. The zero-order valence-corrected chi connectivity index (χ0v) is 11.8. The molecule has 102 valence electrons. The summed E-state index contributed by atoms with van der Waals surface area (Å²) in [6, 6.07) is 0.742. The molecule has 0 N–H and O–H groups in total. The van der Waals surface area contributed by atoms with Crippen LogP contribution in [0, 0.1) is 0 Å². The van der Waals surface area contributed by atoms with Crippen LogP contribution in [-0.2, 0) is 4.79 Å². The van der Waals surface area contributed by atoms with E-state index in [0.29, 0.717) is 18.6 Å². The minimum atomic E-state index is 0.235. The van der Waals surface area contributed by atoms with Crippen LogP contribution >= 0.6 is 0 Å². The van der Waals surface area contributed by atoms with Crippen molar-refractivity contribution in [1.82, 2.24) is 9.80 Å². The number of hydrogen-bond donors (Lipinski definition) is 0. The first-order valence-corrected chi connectivity index (χ1v) is 6.85. The molecule has 1 aliphatic heterocycles. The molecule has 1 fully saturated rings. The molecule has 2 unspecified atom stereocenters. The lowest BCUT2D eigenvalue weighted by molar-refractivity contribution is -0.138. The molecule has 1 aliphatic rings. The van der Waals surface area contributed by atoms with Gasteiger partial charge >= 0.3 is 0 Å². The molecule has 1 heterocycles. The van der Waals surface area contributed by atoms with Gasteiger partial charge in [0, 0.05) is 25.2 Å². The molecular formula is C15H26N2O. The fraction of sp³-hybridized carbons (Fsp3) is 0.667. The normalized spacial score (nSPS) is 24.1. The minimum absolute atomic E-state index is 0.235. The highest BCUT2D eigenvalue weighted by molar-refractivity contribution is 5.79. The van der Waals surface area contributed by atoms with Gasteiger partial charge in [-0.05, 0) is 33.1 Å². The lowest BCUT2D eigenvalue weighted by Crippen LogP contribution is -2.51. The van der Waals surface area contributed by atoms with Gasteiger partial charge in [0.2, 0.25) is 5.91 Å². The van der Waals surface area contributed by atoms with Crippen LogP contribution in [0.4, 0.5) is 0 Å². The SMILES string of the molecule is C=CCN(CC=C)CC(=O)N1C(C)CCCC1C. The number of amides is 1. The van der Waals surface area contributed by atoms with Crippen molar-refractivity contribution in [3.63, 3.8) is 0 Å². The van der Waals surface area contributed by atoms with E-state index < -0.39 is 0 Å². The van der Waals surface area contributed by atoms with Crippen LogP contribution < -0.4 is 0 Å². The Morgan fingerprint density at radius 1 is 1.22 bits per heavy atom. The zero-order chi connectivity index (χ0) is 13.5. The molecule has 0 aromatic heterocycles. The number of carbonyl (C=O) groups excluding carboxylic acids is 1. The van der Waals surface area contributed by atoms with Crippen molar-refractivity contribution in [2.75, 3.05) is 19.6 Å². The van der Waals surface area contributed by atoms with Gasteiger partial charge in [-0.2, -0.15) is 0 Å². The molecule has 1 saturated heterocycles. The number of piperidine rings is 1. The van der Waals surface area contributed by atoms with E-state index in [0.717, 1.165) is 25.9 Å². The summed E-state index contributed by atoms with van der Waals surface area (Å²) in [6.07, 6.45) is 7.15. The molecule has 1 rings (SSSR count). The van der Waals surface area contributed by atoms with Crippen molar-refractivity contribution in [2.45, 2.75) is 45.2 Å². The Kier molecular flexibility index (Phi) is 6.13. The number of nitrogens with zero attached hydrogens (tertiary/aromatic N) is 2. The van der Waals surface area contributed by atoms with Gasteiger partial charge in [0.15, 0.2) is 0 Å². The van der Waals surface area contributed by atoms with Crippen LogP contribution in [0.3, 0.4) is 0 Å². The Morgan fingerprint density at radius 3 is 2.17 bits per heavy atom. The summed E-state index contributed by atoms with van der Waals surface area (Å²) in [7, 11) is 0. The molecule has 0 bridgehead atoms. The van der Waals surface area contributed by atoms with Crippen LogP contribution in [0.25, 0.3) is 0 Å². The smallest absolute Gasteiger partial charge is 0.237 e. The molecule has 3 nitrogen and oxygen atoms in total. The van der Waals surface area contributed by atoms with Crippen molar-refractivity contribution < 1.29 is 4.79 Å². The van der Waals surface area contributed by atoms with Crippen LogP contribution in [-0.4, -0.2) is 47.4 Å². The molecule has 0 aromatic carbocycles. The van der Waals surface area contributed by atoms with Crippen LogP contribution in [0.1, 0.15) is 33.1 Å². The summed E-state index contributed by atoms with van der Waals surface area (Å²) < 4.78 is 0. The number of rotatable bonds is 6. The maximum absolute atomic E-state index is 12.4. The molecular weight excluding hydrogens is 224 g/mol. The lowest BCUT2D eigenvalue weighted by Gasteiger charge is -2.40. The van der Waals surface area contributed by atoms with Gasteiger partial charge in [-0.1, -0.05) is 12.2 Å². The quantitative estimate of drug-likeness (QED) is 0.676. The van der Waals surface area contributed by atoms with E-state index in [9.17, 15) is 4.79 Å². The third-order valence-electron chi connectivity index (χ3n) is 3.61. The van der Waals surface area contributed by atoms with Crippen LogP contribution in [0.15, 0.2) is 25.3 Å². The topological polar surface area (TPSA) is 23.6 Å². The maximum Gasteiger partial charge on any atom is 0.237 e. The van der Waals surface area contributed by atoms with E-state index in [4.69, 9.17) is 0 Å². The summed E-state index contributed by atoms with van der Waals surface area (Å²) in [6.45, 7) is 13.7. The lowest BCUT2D eigenvalue weighted by atomic mass is 9.97. The fourth-order valence-corrected chi connectivity index (χ4v) is 2.75. The summed E-state index contributed by atoms with van der Waals surface area (Å²) >= 11 is 0. The van der Waals surface area contributed by atoms with Crippen molar-refractivity contribution in [2.24, 2.45) is 0 Å². The van der Waals surface area contributed by atoms with E-state index in [2.05, 4.69) is 36.8 Å². The van der Waals surface area contributed by atoms with E-state index in [1.807, 2.05) is 12.2 Å². The fourth-order valence-electron chi connectivity index (χ4n) is 2.75. The summed E-state index contributed by atoms with van der Waals surface area (Å²) in [5.74, 6) is 0.235. The molecule has 18 heavy (non-hydrogen) atoms. The van der Waals surface area contributed by atoms with Gasteiger partial charge in [0.25, 0.3) is 0 Å². The minimum Gasteiger partial charge on any atom is -0.336 e. The molecule has 3 heteroatoms. The standard InChI is InChI=1S/C15H26N2O/c1-5-10-16(11-6-2)12-15(18)17-13(3)8-7-9-14(17)4/h5-6,13-14H,1-2,7-12H2,3-4H3. The highest BCUT2D eigenvalue weighted by Gasteiger charge is 2.29. The van der Waals surface area contributed by atoms with Crippen molar-refractivity contribution >= 4 is 5.91 Å². The predicted octanol–water partition coefficient (Wildman–Crippen LogP) is 2.45. The van der Waals surface area contributed by atoms with Crippen LogP contribution in [0.5, 0.6) is 0 Å². The first kappa shape index (κ1) is 15.0. The second-order valence-electron chi connectivity index (χ2n) is 5.20. The molecule has 0 saturated carbocycles. The van der Waals surface area contributed by atoms with Gasteiger partial charge in [0.05, 0.1) is 6.54 Å². The summed E-state index contributed by atoms with van der Waals surface area (Å²) in [5, 5.41) is 0. The van der Waals surface area contributed by atoms with Gasteiger partial charge in [-0.15, -0.1) is 13.2 Å². The molecule has 0 aliphatic carbocycles. The van der Waals surface area contributed by atoms with E-state index >= 15 is 0 Å². The van der Waals surface area contributed by atoms with Crippen LogP contribution in [0.2, 0.25) is 0 Å². The molecule has 0 aromatic rings. The predicted molar refractivity (Wildman–Crippen MR) is 76.5 cm³/mol. The molecule has 2 atom stereocenters. The van der Waals surface area contributed by atoms with E-state index in [1.165, 1.54) is 6.42 Å². The molecule has 1 amide bonds. The highest BCUT2D eigenvalue weighted by atomic mass is 16.2. The Bertz CT molecular complexity index is 281. The van der Waals surface area contributed by atoms with Gasteiger partial charge in [0.1, 0.15) is 0 Å². The Hall–Kier alpha value is -1.09. The highest BCUT2D eigenvalue weighted by Crippen LogP contribution is 2.22. The summed E-state index contributed by atoms with van der Waals surface area (Å²) in [4.78, 5) is 16.5. The third-order valence-corrected chi connectivity index (χ3v) is 3.61. The molecule has 0 spiro atoms. The number of carbonyl (C=O) groups is 1. The zero-order valence-electron chi connectivity index (χ0n) is 11.8. The van der Waals surface area contributed by atoms with Crippen molar-refractivity contribution in [3.05, 3.63) is 25.3 Å². The average Bonchev–Trinajstić information content (AvgIpc) is 2.29. The Morgan fingerprint density at radius 2 is 1.72 bits per heavy atom. The average molecular weight is 250 g/mol. The second-order valence-corrected chi connectivity index (χ2v) is 5.20. The first-order chi connectivity index (χ1) is 8.60. The maximum atomic E-state index is 12.4. The Balaban J connectivity index is 2.60. The van der Waals surface area contributed by atoms with E-state index in [-0.39, 0.29) is 5.91 Å². The third kappa shape index (κ3) is 3.98. The van der Waals surface area contributed by atoms with Crippen molar-refractivity contribution in [1.29, 1.82) is 0 Å². The van der Waals surface area contributed by atoms with Gasteiger partial charge in [-0.25, -0.2) is 0 Å². The van der Waals surface area contributed by atoms with Crippen molar-refractivity contribution in [3.8, 4) is 0 Å². The monoisotopic (exact) mass is 250 g/mol. The Labute approximate surface area is 111 Å². The first-order valence-electron chi connectivity index (χ1n) is 6.85. The largest absolute Gasteiger partial charge is 0.336 e. The van der Waals surface area contributed by atoms with Gasteiger partial charge in [-0.3, -0.25) is 9.69 Å². The van der Waals surface area contributed by atoms with E-state index in [1.54, 1.807) is 0 Å². The molecule has 0 radical (unpaired) electrons. The van der Waals surface area contributed by atoms with Gasteiger partial charge < -0.3 is 4.90 Å².